The van der Waals surface area contributed by atoms with Gasteiger partial charge in [-0.2, -0.15) is 5.10 Å². The zero-order valence-corrected chi connectivity index (χ0v) is 8.17. The largest absolute Gasteiger partial charge is 0.321 e. The highest BCUT2D eigenvalue weighted by Crippen LogP contribution is 2.43. The number of H-pyrrole nitrogens is 1. The highest BCUT2D eigenvalue weighted by atomic mass is 15.1. The highest BCUT2D eigenvalue weighted by Gasteiger charge is 2.40. The topological polar surface area (TPSA) is 54.7 Å². The zero-order valence-electron chi connectivity index (χ0n) is 8.17. The molecule has 0 bridgehead atoms. The molecule has 2 aromatic rings. The summed E-state index contributed by atoms with van der Waals surface area (Å²) in [6.45, 7) is 2.03. The third-order valence-corrected chi connectivity index (χ3v) is 3.11. The summed E-state index contributed by atoms with van der Waals surface area (Å²) in [4.78, 5) is 0. The Labute approximate surface area is 82.3 Å². The molecule has 1 saturated carbocycles. The Bertz CT molecular complexity index is 494. The maximum absolute atomic E-state index is 6.13. The van der Waals surface area contributed by atoms with Crippen molar-refractivity contribution in [3.63, 3.8) is 0 Å². The molecule has 1 aromatic heterocycles. The van der Waals surface area contributed by atoms with Gasteiger partial charge in [-0.1, -0.05) is 12.1 Å². The molecule has 3 heteroatoms. The molecule has 1 aliphatic carbocycles. The Balaban J connectivity index is 2.21. The third kappa shape index (κ3) is 0.990. The summed E-state index contributed by atoms with van der Waals surface area (Å²) in [5.41, 5.74) is 9.44. The van der Waals surface area contributed by atoms with Gasteiger partial charge in [-0.25, -0.2) is 0 Å². The van der Waals surface area contributed by atoms with Gasteiger partial charge < -0.3 is 5.73 Å². The summed E-state index contributed by atoms with van der Waals surface area (Å²) < 4.78 is 0. The molecular weight excluding hydrogens is 174 g/mol. The number of aromatic nitrogens is 2. The molecule has 1 heterocycles. The molecule has 0 atom stereocenters. The van der Waals surface area contributed by atoms with E-state index in [0.29, 0.717) is 0 Å². The lowest BCUT2D eigenvalue weighted by atomic mass is 10.0. The Kier molecular flexibility index (Phi) is 1.35. The Morgan fingerprint density at radius 2 is 2.21 bits per heavy atom. The maximum Gasteiger partial charge on any atom is 0.0927 e. The number of aryl methyl sites for hydroxylation is 1. The fraction of sp³-hybridized carbons (Fsp3) is 0.364. The SMILES string of the molecule is Cc1[nH]nc2cc(C3(N)CC3)ccc12. The number of hydrogen-bond donors (Lipinski definition) is 2. The van der Waals surface area contributed by atoms with Gasteiger partial charge in [-0.15, -0.1) is 0 Å². The standard InChI is InChI=1S/C11H13N3/c1-7-9-3-2-8(11(12)4-5-11)6-10(9)14-13-7/h2-3,6H,4-5,12H2,1H3,(H,13,14). The minimum Gasteiger partial charge on any atom is -0.321 e. The molecule has 1 aromatic carbocycles. The average Bonchev–Trinajstić information content (AvgIpc) is 2.84. The van der Waals surface area contributed by atoms with E-state index in [4.69, 9.17) is 5.73 Å². The first-order chi connectivity index (χ1) is 6.69. The van der Waals surface area contributed by atoms with Crippen molar-refractivity contribution < 1.29 is 0 Å². The lowest BCUT2D eigenvalue weighted by molar-refractivity contribution is 0.741. The van der Waals surface area contributed by atoms with Crippen LogP contribution in [0.15, 0.2) is 18.2 Å². The maximum atomic E-state index is 6.13. The number of nitrogens with zero attached hydrogens (tertiary/aromatic N) is 1. The summed E-state index contributed by atoms with van der Waals surface area (Å²) in [5, 5.41) is 8.42. The van der Waals surface area contributed by atoms with Gasteiger partial charge in [0.25, 0.3) is 0 Å². The molecule has 0 unspecified atom stereocenters. The van der Waals surface area contributed by atoms with E-state index in [-0.39, 0.29) is 5.54 Å². The van der Waals surface area contributed by atoms with Gasteiger partial charge in [-0.05, 0) is 31.4 Å². The molecule has 14 heavy (non-hydrogen) atoms. The molecule has 72 valence electrons. The van der Waals surface area contributed by atoms with Crippen molar-refractivity contribution in [1.82, 2.24) is 10.2 Å². The van der Waals surface area contributed by atoms with Gasteiger partial charge >= 0.3 is 0 Å². The second-order valence-electron chi connectivity index (χ2n) is 4.24. The summed E-state index contributed by atoms with van der Waals surface area (Å²) >= 11 is 0. The van der Waals surface area contributed by atoms with E-state index in [1.54, 1.807) is 0 Å². The summed E-state index contributed by atoms with van der Waals surface area (Å²) in [6.07, 6.45) is 2.20. The number of hydrogen-bond acceptors (Lipinski definition) is 2. The quantitative estimate of drug-likeness (QED) is 0.715. The highest BCUT2D eigenvalue weighted by molar-refractivity contribution is 5.82. The first-order valence-electron chi connectivity index (χ1n) is 4.93. The van der Waals surface area contributed by atoms with Gasteiger partial charge in [-0.3, -0.25) is 5.10 Å². The van der Waals surface area contributed by atoms with Crippen molar-refractivity contribution in [1.29, 1.82) is 0 Å². The normalized spacial score (nSPS) is 18.7. The fourth-order valence-electron chi connectivity index (χ4n) is 1.88. The predicted molar refractivity (Wildman–Crippen MR) is 55.9 cm³/mol. The van der Waals surface area contributed by atoms with Crippen LogP contribution < -0.4 is 5.73 Å². The summed E-state index contributed by atoms with van der Waals surface area (Å²) in [7, 11) is 0. The minimum atomic E-state index is -0.0545. The Morgan fingerprint density at radius 3 is 2.93 bits per heavy atom. The van der Waals surface area contributed by atoms with Gasteiger partial charge in [0.2, 0.25) is 0 Å². The molecule has 3 nitrogen and oxygen atoms in total. The van der Waals surface area contributed by atoms with Crippen LogP contribution in [0.2, 0.25) is 0 Å². The number of rotatable bonds is 1. The number of nitrogens with one attached hydrogen (secondary N) is 1. The molecule has 0 spiro atoms. The monoisotopic (exact) mass is 187 g/mol. The van der Waals surface area contributed by atoms with Gasteiger partial charge in [0.05, 0.1) is 5.52 Å². The fourth-order valence-corrected chi connectivity index (χ4v) is 1.88. The second kappa shape index (κ2) is 2.36. The summed E-state index contributed by atoms with van der Waals surface area (Å²) in [5.74, 6) is 0. The molecule has 0 aliphatic heterocycles. The molecule has 1 fully saturated rings. The molecule has 3 rings (SSSR count). The van der Waals surface area contributed by atoms with Gasteiger partial charge in [0.1, 0.15) is 0 Å². The minimum absolute atomic E-state index is 0.0545. The first-order valence-corrected chi connectivity index (χ1v) is 4.93. The number of aromatic amines is 1. The van der Waals surface area contributed by atoms with Crippen molar-refractivity contribution in [2.45, 2.75) is 25.3 Å². The molecular formula is C11H13N3. The van der Waals surface area contributed by atoms with Crippen LogP contribution in [0.1, 0.15) is 24.1 Å². The number of nitrogens with two attached hydrogens (primary N) is 1. The van der Waals surface area contributed by atoms with Crippen LogP contribution in [0, 0.1) is 6.92 Å². The van der Waals surface area contributed by atoms with E-state index in [1.165, 1.54) is 10.9 Å². The number of benzene rings is 1. The molecule has 1 aliphatic rings. The molecule has 0 amide bonds. The van der Waals surface area contributed by atoms with Crippen LogP contribution in [-0.4, -0.2) is 10.2 Å². The summed E-state index contributed by atoms with van der Waals surface area (Å²) in [6, 6.07) is 6.33. The zero-order chi connectivity index (χ0) is 9.76. The van der Waals surface area contributed by atoms with Crippen molar-refractivity contribution in [2.24, 2.45) is 5.73 Å². The lowest BCUT2D eigenvalue weighted by Crippen LogP contribution is -2.18. The van der Waals surface area contributed by atoms with Crippen LogP contribution >= 0.6 is 0 Å². The Morgan fingerprint density at radius 1 is 1.43 bits per heavy atom. The second-order valence-corrected chi connectivity index (χ2v) is 4.24. The van der Waals surface area contributed by atoms with E-state index >= 15 is 0 Å². The van der Waals surface area contributed by atoms with Gasteiger partial charge in [0.15, 0.2) is 0 Å². The third-order valence-electron chi connectivity index (χ3n) is 3.11. The molecule has 3 N–H and O–H groups in total. The Hall–Kier alpha value is -1.35. The van der Waals surface area contributed by atoms with Crippen LogP contribution in [0.25, 0.3) is 10.9 Å². The predicted octanol–water partition coefficient (Wildman–Crippen LogP) is 1.82. The van der Waals surface area contributed by atoms with Crippen molar-refractivity contribution in [2.75, 3.05) is 0 Å². The van der Waals surface area contributed by atoms with Crippen LogP contribution in [-0.2, 0) is 5.54 Å². The van der Waals surface area contributed by atoms with Crippen molar-refractivity contribution in [3.05, 3.63) is 29.5 Å². The average molecular weight is 187 g/mol. The van der Waals surface area contributed by atoms with E-state index in [0.717, 1.165) is 24.1 Å². The van der Waals surface area contributed by atoms with E-state index in [1.807, 2.05) is 6.92 Å². The van der Waals surface area contributed by atoms with Gasteiger partial charge in [0, 0.05) is 16.6 Å². The van der Waals surface area contributed by atoms with Crippen LogP contribution in [0.5, 0.6) is 0 Å². The number of fused-ring (bicyclic) bond motifs is 1. The molecule has 0 saturated heterocycles. The first kappa shape index (κ1) is 8.00. The van der Waals surface area contributed by atoms with E-state index in [2.05, 4.69) is 28.4 Å². The van der Waals surface area contributed by atoms with E-state index < -0.39 is 0 Å². The van der Waals surface area contributed by atoms with Crippen molar-refractivity contribution in [3.8, 4) is 0 Å². The molecule has 0 radical (unpaired) electrons. The van der Waals surface area contributed by atoms with Crippen LogP contribution in [0.3, 0.4) is 0 Å². The lowest BCUT2D eigenvalue weighted by Gasteiger charge is -2.07. The van der Waals surface area contributed by atoms with E-state index in [9.17, 15) is 0 Å². The smallest absolute Gasteiger partial charge is 0.0927 e. The van der Waals surface area contributed by atoms with Crippen LogP contribution in [0.4, 0.5) is 0 Å². The van der Waals surface area contributed by atoms with Crippen molar-refractivity contribution >= 4 is 10.9 Å².